The van der Waals surface area contributed by atoms with Gasteiger partial charge in [0.2, 0.25) is 0 Å². The predicted molar refractivity (Wildman–Crippen MR) is 93.5 cm³/mol. The van der Waals surface area contributed by atoms with Crippen LogP contribution in [0.4, 0.5) is 0 Å². The van der Waals surface area contributed by atoms with E-state index in [1.807, 2.05) is 0 Å². The fraction of sp³-hybridized carbons (Fsp3) is 0.684. The summed E-state index contributed by atoms with van der Waals surface area (Å²) in [6.07, 6.45) is 2.73. The zero-order valence-corrected chi connectivity index (χ0v) is 14.5. The maximum Gasteiger partial charge on any atom is 0.0480 e. The lowest BCUT2D eigenvalue weighted by Gasteiger charge is -2.37. The van der Waals surface area contributed by atoms with E-state index in [2.05, 4.69) is 48.0 Å². The first-order valence-corrected chi connectivity index (χ1v) is 8.90. The van der Waals surface area contributed by atoms with Crippen LogP contribution in [-0.2, 0) is 0 Å². The summed E-state index contributed by atoms with van der Waals surface area (Å²) in [6, 6.07) is 5.30. The molecule has 0 aliphatic carbocycles. The SMILES string of the molecule is Cc1cc(C)c(C(CN2CCNCC2)N2CCCC2)c(C)c1. The van der Waals surface area contributed by atoms with E-state index in [-0.39, 0.29) is 0 Å². The predicted octanol–water partition coefficient (Wildman–Crippen LogP) is 2.65. The highest BCUT2D eigenvalue weighted by atomic mass is 15.2. The first kappa shape index (κ1) is 16.0. The Morgan fingerprint density at radius 3 is 2.14 bits per heavy atom. The molecule has 1 atom stereocenters. The van der Waals surface area contributed by atoms with Gasteiger partial charge in [0.1, 0.15) is 0 Å². The van der Waals surface area contributed by atoms with E-state index < -0.39 is 0 Å². The van der Waals surface area contributed by atoms with Crippen LogP contribution in [0.2, 0.25) is 0 Å². The summed E-state index contributed by atoms with van der Waals surface area (Å²) in [5.74, 6) is 0. The summed E-state index contributed by atoms with van der Waals surface area (Å²) in [5, 5.41) is 3.47. The number of likely N-dealkylation sites (tertiary alicyclic amines) is 1. The van der Waals surface area contributed by atoms with E-state index in [4.69, 9.17) is 0 Å². The Hall–Kier alpha value is -0.900. The molecule has 2 saturated heterocycles. The summed E-state index contributed by atoms with van der Waals surface area (Å²) in [4.78, 5) is 5.38. The van der Waals surface area contributed by atoms with Crippen molar-refractivity contribution in [2.75, 3.05) is 45.8 Å². The number of hydrogen-bond acceptors (Lipinski definition) is 3. The van der Waals surface area contributed by atoms with Crippen molar-refractivity contribution in [3.05, 3.63) is 34.4 Å². The third kappa shape index (κ3) is 3.53. The number of piperazine rings is 1. The second-order valence-corrected chi connectivity index (χ2v) is 7.12. The van der Waals surface area contributed by atoms with Gasteiger partial charge < -0.3 is 5.32 Å². The van der Waals surface area contributed by atoms with Crippen LogP contribution in [0.15, 0.2) is 12.1 Å². The van der Waals surface area contributed by atoms with Crippen molar-refractivity contribution in [3.8, 4) is 0 Å². The van der Waals surface area contributed by atoms with Gasteiger partial charge in [0.25, 0.3) is 0 Å². The lowest BCUT2D eigenvalue weighted by molar-refractivity contribution is 0.149. The van der Waals surface area contributed by atoms with Gasteiger partial charge in [0.05, 0.1) is 0 Å². The van der Waals surface area contributed by atoms with Gasteiger partial charge in [-0.05, 0) is 63.4 Å². The van der Waals surface area contributed by atoms with E-state index in [0.29, 0.717) is 6.04 Å². The van der Waals surface area contributed by atoms with Crippen molar-refractivity contribution >= 4 is 0 Å². The summed E-state index contributed by atoms with van der Waals surface area (Å²) >= 11 is 0. The molecule has 3 nitrogen and oxygen atoms in total. The molecule has 1 unspecified atom stereocenters. The Balaban J connectivity index is 1.87. The molecular formula is C19H31N3. The summed E-state index contributed by atoms with van der Waals surface area (Å²) < 4.78 is 0. The normalized spacial score (nSPS) is 22.1. The maximum atomic E-state index is 3.47. The summed E-state index contributed by atoms with van der Waals surface area (Å²) in [5.41, 5.74) is 5.93. The molecule has 122 valence electrons. The van der Waals surface area contributed by atoms with Gasteiger partial charge in [-0.15, -0.1) is 0 Å². The summed E-state index contributed by atoms with van der Waals surface area (Å²) in [7, 11) is 0. The van der Waals surface area contributed by atoms with Crippen molar-refractivity contribution in [2.45, 2.75) is 39.7 Å². The van der Waals surface area contributed by atoms with Crippen LogP contribution >= 0.6 is 0 Å². The van der Waals surface area contributed by atoms with Crippen molar-refractivity contribution < 1.29 is 0 Å². The van der Waals surface area contributed by atoms with Crippen molar-refractivity contribution in [3.63, 3.8) is 0 Å². The average Bonchev–Trinajstić information content (AvgIpc) is 3.00. The van der Waals surface area contributed by atoms with Crippen LogP contribution in [-0.4, -0.2) is 55.6 Å². The van der Waals surface area contributed by atoms with Crippen LogP contribution < -0.4 is 5.32 Å². The van der Waals surface area contributed by atoms with Gasteiger partial charge in [0, 0.05) is 38.8 Å². The first-order chi connectivity index (χ1) is 10.6. The van der Waals surface area contributed by atoms with Crippen LogP contribution in [0.1, 0.15) is 41.1 Å². The standard InChI is InChI=1S/C19H31N3/c1-15-12-16(2)19(17(3)13-15)18(22-8-4-5-9-22)14-21-10-6-20-7-11-21/h12-13,18,20H,4-11,14H2,1-3H3. The monoisotopic (exact) mass is 301 g/mol. The number of aryl methyl sites for hydroxylation is 3. The minimum atomic E-state index is 0.571. The molecule has 1 aromatic rings. The molecule has 2 heterocycles. The Bertz CT molecular complexity index is 476. The van der Waals surface area contributed by atoms with Gasteiger partial charge in [-0.25, -0.2) is 0 Å². The van der Waals surface area contributed by atoms with Crippen LogP contribution in [0.5, 0.6) is 0 Å². The Labute approximate surface area is 135 Å². The van der Waals surface area contributed by atoms with Crippen molar-refractivity contribution in [2.24, 2.45) is 0 Å². The highest BCUT2D eigenvalue weighted by molar-refractivity contribution is 5.40. The number of benzene rings is 1. The lowest BCUT2D eigenvalue weighted by Crippen LogP contribution is -2.47. The minimum Gasteiger partial charge on any atom is -0.314 e. The number of hydrogen-bond donors (Lipinski definition) is 1. The molecule has 3 heteroatoms. The Morgan fingerprint density at radius 2 is 1.55 bits per heavy atom. The molecule has 2 aliphatic heterocycles. The fourth-order valence-electron chi connectivity index (χ4n) is 4.30. The molecule has 0 saturated carbocycles. The first-order valence-electron chi connectivity index (χ1n) is 8.90. The molecule has 2 aliphatic rings. The van der Waals surface area contributed by atoms with E-state index in [0.717, 1.165) is 13.1 Å². The van der Waals surface area contributed by atoms with Gasteiger partial charge >= 0.3 is 0 Å². The second kappa shape index (κ2) is 7.12. The average molecular weight is 301 g/mol. The third-order valence-corrected chi connectivity index (χ3v) is 5.29. The topological polar surface area (TPSA) is 18.5 Å². The maximum absolute atomic E-state index is 3.47. The number of nitrogens with zero attached hydrogens (tertiary/aromatic N) is 2. The molecule has 1 aromatic carbocycles. The Morgan fingerprint density at radius 1 is 0.955 bits per heavy atom. The van der Waals surface area contributed by atoms with E-state index in [1.165, 1.54) is 62.3 Å². The molecule has 0 aromatic heterocycles. The number of rotatable bonds is 4. The van der Waals surface area contributed by atoms with Gasteiger partial charge in [-0.2, -0.15) is 0 Å². The molecular weight excluding hydrogens is 270 g/mol. The smallest absolute Gasteiger partial charge is 0.0480 e. The second-order valence-electron chi connectivity index (χ2n) is 7.12. The molecule has 1 N–H and O–H groups in total. The molecule has 0 bridgehead atoms. The van der Waals surface area contributed by atoms with Crippen LogP contribution in [0.25, 0.3) is 0 Å². The fourth-order valence-corrected chi connectivity index (χ4v) is 4.30. The molecule has 3 rings (SSSR count). The molecule has 0 spiro atoms. The third-order valence-electron chi connectivity index (χ3n) is 5.29. The lowest BCUT2D eigenvalue weighted by atomic mass is 9.92. The molecule has 0 amide bonds. The van der Waals surface area contributed by atoms with Crippen LogP contribution in [0.3, 0.4) is 0 Å². The van der Waals surface area contributed by atoms with Crippen LogP contribution in [0, 0.1) is 20.8 Å². The largest absolute Gasteiger partial charge is 0.314 e. The number of nitrogens with one attached hydrogen (secondary N) is 1. The van der Waals surface area contributed by atoms with E-state index in [9.17, 15) is 0 Å². The summed E-state index contributed by atoms with van der Waals surface area (Å²) in [6.45, 7) is 15.2. The van der Waals surface area contributed by atoms with Gasteiger partial charge in [-0.1, -0.05) is 17.7 Å². The zero-order chi connectivity index (χ0) is 15.5. The highest BCUT2D eigenvalue weighted by Gasteiger charge is 2.28. The molecule has 2 fully saturated rings. The highest BCUT2D eigenvalue weighted by Crippen LogP contribution is 2.31. The molecule has 0 radical (unpaired) electrons. The van der Waals surface area contributed by atoms with E-state index in [1.54, 1.807) is 5.56 Å². The van der Waals surface area contributed by atoms with Gasteiger partial charge in [0.15, 0.2) is 0 Å². The van der Waals surface area contributed by atoms with Gasteiger partial charge in [-0.3, -0.25) is 9.80 Å². The van der Waals surface area contributed by atoms with Crippen molar-refractivity contribution in [1.29, 1.82) is 0 Å². The minimum absolute atomic E-state index is 0.571. The van der Waals surface area contributed by atoms with E-state index >= 15 is 0 Å². The molecule has 22 heavy (non-hydrogen) atoms. The zero-order valence-electron chi connectivity index (χ0n) is 14.5. The Kier molecular flexibility index (Phi) is 5.17. The van der Waals surface area contributed by atoms with Crippen molar-refractivity contribution in [1.82, 2.24) is 15.1 Å². The quantitative estimate of drug-likeness (QED) is 0.922.